The number of carbonyl (C=O) groups excluding carboxylic acids is 2. The third-order valence-electron chi connectivity index (χ3n) is 8.20. The minimum atomic E-state index is -0.0442. The number of rotatable bonds is 3. The van der Waals surface area contributed by atoms with E-state index in [0.29, 0.717) is 35.7 Å². The van der Waals surface area contributed by atoms with E-state index < -0.39 is 0 Å². The van der Waals surface area contributed by atoms with Crippen LogP contribution in [-0.4, -0.2) is 11.6 Å². The summed E-state index contributed by atoms with van der Waals surface area (Å²) in [5.41, 5.74) is 1.59. The van der Waals surface area contributed by atoms with Crippen LogP contribution in [0.5, 0.6) is 0 Å². The standard InChI is InChI=1S/C22H30O2/c1-3-4-11-22-13-10-18-17(19(22)7-8-20(22)24)6-5-15-14-16(23)9-12-21(15,18)2/h3,14,17-19H,1,4-13H2,2H3/t17-,18+,19+,21+,22+/m1/s1. The molecule has 4 rings (SSSR count). The number of hydrogen-bond acceptors (Lipinski definition) is 2. The van der Waals surface area contributed by atoms with Gasteiger partial charge in [0.15, 0.2) is 5.78 Å². The third-order valence-corrected chi connectivity index (χ3v) is 8.20. The fourth-order valence-corrected chi connectivity index (χ4v) is 6.96. The molecule has 5 atom stereocenters. The molecule has 4 aliphatic carbocycles. The smallest absolute Gasteiger partial charge is 0.155 e. The van der Waals surface area contributed by atoms with E-state index in [9.17, 15) is 9.59 Å². The van der Waals surface area contributed by atoms with E-state index in [1.165, 1.54) is 18.4 Å². The molecule has 0 N–H and O–H groups in total. The highest BCUT2D eigenvalue weighted by Crippen LogP contribution is 2.65. The zero-order chi connectivity index (χ0) is 16.9. The van der Waals surface area contributed by atoms with Crippen molar-refractivity contribution in [3.63, 3.8) is 0 Å². The molecule has 0 heterocycles. The normalized spacial score (nSPS) is 44.4. The van der Waals surface area contributed by atoms with E-state index >= 15 is 0 Å². The molecular formula is C22H30O2. The van der Waals surface area contributed by atoms with E-state index in [0.717, 1.165) is 44.9 Å². The van der Waals surface area contributed by atoms with E-state index in [1.807, 2.05) is 12.2 Å². The lowest BCUT2D eigenvalue weighted by atomic mass is 9.46. The van der Waals surface area contributed by atoms with Crippen molar-refractivity contribution >= 4 is 11.6 Å². The van der Waals surface area contributed by atoms with Crippen molar-refractivity contribution in [1.29, 1.82) is 0 Å². The molecular weight excluding hydrogens is 296 g/mol. The van der Waals surface area contributed by atoms with Gasteiger partial charge in [0.25, 0.3) is 0 Å². The summed E-state index contributed by atoms with van der Waals surface area (Å²) in [6.45, 7) is 6.30. The monoisotopic (exact) mass is 326 g/mol. The number of hydrogen-bond donors (Lipinski definition) is 0. The van der Waals surface area contributed by atoms with E-state index in [2.05, 4.69) is 13.5 Å². The third kappa shape index (κ3) is 2.14. The van der Waals surface area contributed by atoms with E-state index in [-0.39, 0.29) is 10.8 Å². The summed E-state index contributed by atoms with van der Waals surface area (Å²) in [6.07, 6.45) is 14.1. The average molecular weight is 326 g/mol. The number of ketones is 2. The van der Waals surface area contributed by atoms with Crippen LogP contribution in [0.3, 0.4) is 0 Å². The molecule has 0 radical (unpaired) electrons. The van der Waals surface area contributed by atoms with Gasteiger partial charge in [-0.1, -0.05) is 18.6 Å². The predicted molar refractivity (Wildman–Crippen MR) is 95.5 cm³/mol. The lowest BCUT2D eigenvalue weighted by Gasteiger charge is -2.57. The molecule has 0 amide bonds. The molecule has 0 unspecified atom stereocenters. The largest absolute Gasteiger partial charge is 0.299 e. The molecule has 3 saturated carbocycles. The summed E-state index contributed by atoms with van der Waals surface area (Å²) in [5.74, 6) is 2.81. The number of fused-ring (bicyclic) bond motifs is 5. The summed E-state index contributed by atoms with van der Waals surface area (Å²) in [5, 5.41) is 0. The van der Waals surface area contributed by atoms with Gasteiger partial charge in [-0.3, -0.25) is 9.59 Å². The van der Waals surface area contributed by atoms with Gasteiger partial charge in [0.05, 0.1) is 0 Å². The Labute approximate surface area is 145 Å². The van der Waals surface area contributed by atoms with Crippen molar-refractivity contribution in [2.45, 2.75) is 71.1 Å². The Bertz CT molecular complexity index is 615. The molecule has 0 saturated heterocycles. The Hall–Kier alpha value is -1.18. The van der Waals surface area contributed by atoms with Crippen LogP contribution >= 0.6 is 0 Å². The van der Waals surface area contributed by atoms with Gasteiger partial charge in [-0.2, -0.15) is 0 Å². The molecule has 0 aliphatic heterocycles. The molecule has 0 spiro atoms. The van der Waals surface area contributed by atoms with Crippen molar-refractivity contribution in [3.8, 4) is 0 Å². The molecule has 4 aliphatic rings. The number of carbonyl (C=O) groups is 2. The summed E-state index contributed by atoms with van der Waals surface area (Å²) in [7, 11) is 0. The van der Waals surface area contributed by atoms with Crippen LogP contribution in [0.4, 0.5) is 0 Å². The fraction of sp³-hybridized carbons (Fsp3) is 0.727. The molecule has 24 heavy (non-hydrogen) atoms. The van der Waals surface area contributed by atoms with Crippen molar-refractivity contribution in [2.24, 2.45) is 28.6 Å². The van der Waals surface area contributed by atoms with Gasteiger partial charge in [-0.05, 0) is 80.6 Å². The van der Waals surface area contributed by atoms with Crippen LogP contribution in [0.1, 0.15) is 71.1 Å². The van der Waals surface area contributed by atoms with Gasteiger partial charge in [0, 0.05) is 18.3 Å². The Kier molecular flexibility index (Phi) is 3.85. The first-order valence-corrected chi connectivity index (χ1v) is 9.89. The first kappa shape index (κ1) is 16.3. The van der Waals surface area contributed by atoms with Crippen LogP contribution in [0, 0.1) is 28.6 Å². The zero-order valence-electron chi connectivity index (χ0n) is 15.0. The zero-order valence-corrected chi connectivity index (χ0v) is 15.0. The van der Waals surface area contributed by atoms with Gasteiger partial charge in [0.2, 0.25) is 0 Å². The fourth-order valence-electron chi connectivity index (χ4n) is 6.96. The van der Waals surface area contributed by atoms with E-state index in [4.69, 9.17) is 0 Å². The minimum Gasteiger partial charge on any atom is -0.299 e. The second-order valence-electron chi connectivity index (χ2n) is 8.95. The second kappa shape index (κ2) is 5.68. The SMILES string of the molecule is C=CCC[C@]12CC[C@H]3[C@@H](CCC4=CC(=O)CC[C@@]43C)[C@@H]1CCC2=O. The second-order valence-corrected chi connectivity index (χ2v) is 8.95. The predicted octanol–water partition coefficient (Wildman–Crippen LogP) is 5.03. The number of Topliss-reactive ketones (excluding diaryl/α,β-unsaturated/α-hetero) is 1. The maximum absolute atomic E-state index is 12.8. The van der Waals surface area contributed by atoms with Crippen LogP contribution < -0.4 is 0 Å². The van der Waals surface area contributed by atoms with Crippen LogP contribution in [0.2, 0.25) is 0 Å². The Morgan fingerprint density at radius 3 is 2.75 bits per heavy atom. The van der Waals surface area contributed by atoms with Gasteiger partial charge in [0.1, 0.15) is 5.78 Å². The van der Waals surface area contributed by atoms with Crippen LogP contribution in [0.15, 0.2) is 24.3 Å². The van der Waals surface area contributed by atoms with Crippen LogP contribution in [-0.2, 0) is 9.59 Å². The van der Waals surface area contributed by atoms with Gasteiger partial charge >= 0.3 is 0 Å². The van der Waals surface area contributed by atoms with Crippen molar-refractivity contribution in [2.75, 3.05) is 0 Å². The molecule has 0 bridgehead atoms. The maximum atomic E-state index is 12.8. The number of allylic oxidation sites excluding steroid dienone is 2. The lowest BCUT2D eigenvalue weighted by molar-refractivity contribution is -0.135. The van der Waals surface area contributed by atoms with Gasteiger partial charge in [-0.15, -0.1) is 6.58 Å². The Morgan fingerprint density at radius 1 is 1.12 bits per heavy atom. The highest BCUT2D eigenvalue weighted by Gasteiger charge is 2.60. The quantitative estimate of drug-likeness (QED) is 0.681. The maximum Gasteiger partial charge on any atom is 0.155 e. The minimum absolute atomic E-state index is 0.0442. The molecule has 3 fully saturated rings. The molecule has 0 aromatic carbocycles. The van der Waals surface area contributed by atoms with Crippen LogP contribution in [0.25, 0.3) is 0 Å². The molecule has 2 heteroatoms. The van der Waals surface area contributed by atoms with Gasteiger partial charge < -0.3 is 0 Å². The highest BCUT2D eigenvalue weighted by atomic mass is 16.1. The summed E-state index contributed by atoms with van der Waals surface area (Å²) in [6, 6.07) is 0. The molecule has 0 aromatic rings. The van der Waals surface area contributed by atoms with E-state index in [1.54, 1.807) is 0 Å². The Balaban J connectivity index is 1.67. The first-order valence-electron chi connectivity index (χ1n) is 9.89. The lowest BCUT2D eigenvalue weighted by Crippen LogP contribution is -2.51. The van der Waals surface area contributed by atoms with Crippen molar-refractivity contribution in [3.05, 3.63) is 24.3 Å². The summed E-state index contributed by atoms with van der Waals surface area (Å²) in [4.78, 5) is 24.7. The van der Waals surface area contributed by atoms with Gasteiger partial charge in [-0.25, -0.2) is 0 Å². The molecule has 2 nitrogen and oxygen atoms in total. The van der Waals surface area contributed by atoms with Crippen molar-refractivity contribution < 1.29 is 9.59 Å². The molecule has 130 valence electrons. The Morgan fingerprint density at radius 2 is 1.96 bits per heavy atom. The topological polar surface area (TPSA) is 34.1 Å². The van der Waals surface area contributed by atoms with Crippen molar-refractivity contribution in [1.82, 2.24) is 0 Å². The average Bonchev–Trinajstić information content (AvgIpc) is 2.91. The summed E-state index contributed by atoms with van der Waals surface area (Å²) < 4.78 is 0. The highest BCUT2D eigenvalue weighted by molar-refractivity contribution is 5.91. The summed E-state index contributed by atoms with van der Waals surface area (Å²) >= 11 is 0. The molecule has 0 aromatic heterocycles. The first-order chi connectivity index (χ1) is 11.5.